The van der Waals surface area contributed by atoms with Gasteiger partial charge in [0.2, 0.25) is 0 Å². The van der Waals surface area contributed by atoms with E-state index in [2.05, 4.69) is 15.3 Å². The highest BCUT2D eigenvalue weighted by Crippen LogP contribution is 2.24. The van der Waals surface area contributed by atoms with Crippen LogP contribution in [0.3, 0.4) is 0 Å². The molecule has 3 aromatic rings. The van der Waals surface area contributed by atoms with Crippen LogP contribution in [0.15, 0.2) is 69.6 Å². The van der Waals surface area contributed by atoms with Crippen LogP contribution in [0.2, 0.25) is 0 Å². The Kier molecular flexibility index (Phi) is 4.42. The topological polar surface area (TPSA) is 115 Å². The SMILES string of the molecule is COC(=O)c1ccccc1N=Nc1c(N)[nH]n(-c2ccccc2)c1=O. The first-order chi connectivity index (χ1) is 12.1. The number of methoxy groups -OCH3 is 1. The lowest BCUT2D eigenvalue weighted by molar-refractivity contribution is 0.0601. The van der Waals surface area contributed by atoms with Gasteiger partial charge in [-0.1, -0.05) is 30.3 Å². The fourth-order valence-corrected chi connectivity index (χ4v) is 2.25. The number of H-pyrrole nitrogens is 1. The number of rotatable bonds is 4. The summed E-state index contributed by atoms with van der Waals surface area (Å²) < 4.78 is 5.97. The minimum atomic E-state index is -0.543. The first kappa shape index (κ1) is 16.2. The molecule has 1 aromatic heterocycles. The van der Waals surface area contributed by atoms with Gasteiger partial charge in [0.25, 0.3) is 0 Å². The molecule has 0 amide bonds. The van der Waals surface area contributed by atoms with Crippen LogP contribution >= 0.6 is 0 Å². The minimum absolute atomic E-state index is 0.0384. The number of esters is 1. The standard InChI is InChI=1S/C17H15N5O3/c1-25-17(24)12-9-5-6-10-13(12)19-20-14-15(18)21-22(16(14)23)11-7-3-2-4-8-11/h2-10,21H,18H2,1H3. The molecular formula is C17H15N5O3. The Morgan fingerprint density at radius 1 is 1.08 bits per heavy atom. The van der Waals surface area contributed by atoms with E-state index in [0.717, 1.165) is 0 Å². The van der Waals surface area contributed by atoms with E-state index in [9.17, 15) is 9.59 Å². The summed E-state index contributed by atoms with van der Waals surface area (Å²) in [6.07, 6.45) is 0. The molecule has 0 unspecified atom stereocenters. The number of hydrogen-bond acceptors (Lipinski definition) is 6. The van der Waals surface area contributed by atoms with Gasteiger partial charge in [-0.05, 0) is 24.3 Å². The van der Waals surface area contributed by atoms with Crippen molar-refractivity contribution >= 4 is 23.2 Å². The van der Waals surface area contributed by atoms with Crippen molar-refractivity contribution in [2.75, 3.05) is 12.8 Å². The summed E-state index contributed by atoms with van der Waals surface area (Å²) in [5.41, 5.74) is 6.51. The second kappa shape index (κ2) is 6.83. The molecule has 0 radical (unpaired) electrons. The summed E-state index contributed by atoms with van der Waals surface area (Å²) >= 11 is 0. The number of anilines is 1. The molecule has 1 heterocycles. The van der Waals surface area contributed by atoms with Gasteiger partial charge in [0.15, 0.2) is 5.69 Å². The molecule has 3 N–H and O–H groups in total. The monoisotopic (exact) mass is 337 g/mol. The van der Waals surface area contributed by atoms with Crippen LogP contribution in [0.4, 0.5) is 17.2 Å². The van der Waals surface area contributed by atoms with Gasteiger partial charge in [0.05, 0.1) is 18.4 Å². The largest absolute Gasteiger partial charge is 0.465 e. The number of ether oxygens (including phenoxy) is 1. The lowest BCUT2D eigenvalue weighted by Gasteiger charge is -2.01. The molecule has 2 aromatic carbocycles. The Labute approximate surface area is 142 Å². The van der Waals surface area contributed by atoms with Crippen LogP contribution in [0, 0.1) is 0 Å². The van der Waals surface area contributed by atoms with Crippen molar-refractivity contribution in [3.05, 3.63) is 70.5 Å². The summed E-state index contributed by atoms with van der Waals surface area (Å²) in [5, 5.41) is 10.7. The first-order valence-electron chi connectivity index (χ1n) is 7.37. The van der Waals surface area contributed by atoms with E-state index in [4.69, 9.17) is 10.5 Å². The molecule has 126 valence electrons. The number of aromatic nitrogens is 2. The van der Waals surface area contributed by atoms with E-state index in [1.165, 1.54) is 11.8 Å². The molecule has 0 aliphatic rings. The number of carbonyl (C=O) groups is 1. The Morgan fingerprint density at radius 3 is 2.48 bits per heavy atom. The van der Waals surface area contributed by atoms with Gasteiger partial charge in [-0.2, -0.15) is 0 Å². The van der Waals surface area contributed by atoms with Crippen molar-refractivity contribution in [2.45, 2.75) is 0 Å². The maximum absolute atomic E-state index is 12.5. The normalized spacial score (nSPS) is 10.9. The van der Waals surface area contributed by atoms with Crippen molar-refractivity contribution in [3.8, 4) is 5.69 Å². The summed E-state index contributed by atoms with van der Waals surface area (Å²) in [6.45, 7) is 0. The highest BCUT2D eigenvalue weighted by molar-refractivity contribution is 5.94. The second-order valence-corrected chi connectivity index (χ2v) is 5.06. The predicted molar refractivity (Wildman–Crippen MR) is 92.8 cm³/mol. The Morgan fingerprint density at radius 2 is 1.76 bits per heavy atom. The van der Waals surface area contributed by atoms with E-state index in [0.29, 0.717) is 5.69 Å². The lowest BCUT2D eigenvalue weighted by Crippen LogP contribution is -2.13. The summed E-state index contributed by atoms with van der Waals surface area (Å²) in [7, 11) is 1.28. The van der Waals surface area contributed by atoms with Crippen LogP contribution < -0.4 is 11.3 Å². The average Bonchev–Trinajstić information content (AvgIpc) is 2.94. The van der Waals surface area contributed by atoms with Crippen molar-refractivity contribution in [1.82, 2.24) is 9.78 Å². The number of nitrogen functional groups attached to an aromatic ring is 1. The van der Waals surface area contributed by atoms with Crippen molar-refractivity contribution < 1.29 is 9.53 Å². The molecule has 0 atom stereocenters. The smallest absolute Gasteiger partial charge is 0.340 e. The maximum Gasteiger partial charge on any atom is 0.340 e. The highest BCUT2D eigenvalue weighted by Gasteiger charge is 2.14. The number of nitrogens with one attached hydrogen (secondary N) is 1. The fraction of sp³-hybridized carbons (Fsp3) is 0.0588. The van der Waals surface area contributed by atoms with Crippen molar-refractivity contribution in [2.24, 2.45) is 10.2 Å². The molecule has 0 fully saturated rings. The molecule has 0 aliphatic carbocycles. The molecule has 25 heavy (non-hydrogen) atoms. The Hall–Kier alpha value is -3.68. The second-order valence-electron chi connectivity index (χ2n) is 5.06. The van der Waals surface area contributed by atoms with Crippen LogP contribution in [0.5, 0.6) is 0 Å². The van der Waals surface area contributed by atoms with Crippen LogP contribution in [0.1, 0.15) is 10.4 Å². The molecule has 8 heteroatoms. The molecule has 0 saturated carbocycles. The number of nitrogens with two attached hydrogens (primary N) is 1. The zero-order valence-electron chi connectivity index (χ0n) is 13.3. The van der Waals surface area contributed by atoms with Gasteiger partial charge in [0, 0.05) is 0 Å². The molecule has 3 rings (SSSR count). The number of aromatic amines is 1. The van der Waals surface area contributed by atoms with Gasteiger partial charge >= 0.3 is 11.5 Å². The van der Waals surface area contributed by atoms with E-state index in [1.807, 2.05) is 6.07 Å². The quantitative estimate of drug-likeness (QED) is 0.562. The van der Waals surface area contributed by atoms with Crippen molar-refractivity contribution in [3.63, 3.8) is 0 Å². The maximum atomic E-state index is 12.5. The van der Waals surface area contributed by atoms with Gasteiger partial charge in [-0.3, -0.25) is 9.89 Å². The third kappa shape index (κ3) is 3.18. The zero-order valence-corrected chi connectivity index (χ0v) is 13.3. The molecule has 0 saturated heterocycles. The Balaban J connectivity index is 2.00. The van der Waals surface area contributed by atoms with Crippen LogP contribution in [-0.2, 0) is 4.74 Å². The summed E-state index contributed by atoms with van der Waals surface area (Å²) in [6, 6.07) is 15.5. The summed E-state index contributed by atoms with van der Waals surface area (Å²) in [5.74, 6) is -0.466. The molecule has 8 nitrogen and oxygen atoms in total. The number of benzene rings is 2. The number of carbonyl (C=O) groups excluding carboxylic acids is 1. The number of para-hydroxylation sites is 1. The minimum Gasteiger partial charge on any atom is -0.465 e. The van der Waals surface area contributed by atoms with Crippen LogP contribution in [-0.4, -0.2) is 22.9 Å². The molecule has 0 bridgehead atoms. The number of hydrogen-bond donors (Lipinski definition) is 2. The van der Waals surface area contributed by atoms with Gasteiger partial charge < -0.3 is 10.5 Å². The Bertz CT molecular complexity index is 989. The number of nitrogens with zero attached hydrogens (tertiary/aromatic N) is 3. The van der Waals surface area contributed by atoms with Gasteiger partial charge in [-0.15, -0.1) is 10.2 Å². The average molecular weight is 337 g/mol. The molecule has 0 spiro atoms. The predicted octanol–water partition coefficient (Wildman–Crippen LogP) is 2.95. The van der Waals surface area contributed by atoms with E-state index in [1.54, 1.807) is 48.5 Å². The van der Waals surface area contributed by atoms with E-state index >= 15 is 0 Å². The van der Waals surface area contributed by atoms with Crippen LogP contribution in [0.25, 0.3) is 5.69 Å². The highest BCUT2D eigenvalue weighted by atomic mass is 16.5. The van der Waals surface area contributed by atoms with E-state index in [-0.39, 0.29) is 22.8 Å². The molecular weight excluding hydrogens is 322 g/mol. The van der Waals surface area contributed by atoms with Gasteiger partial charge in [-0.25, -0.2) is 9.48 Å². The van der Waals surface area contributed by atoms with Gasteiger partial charge in [0.1, 0.15) is 11.5 Å². The number of azo groups is 1. The lowest BCUT2D eigenvalue weighted by atomic mass is 10.2. The fourth-order valence-electron chi connectivity index (χ4n) is 2.25. The first-order valence-corrected chi connectivity index (χ1v) is 7.37. The third-order valence-electron chi connectivity index (χ3n) is 3.47. The summed E-state index contributed by atoms with van der Waals surface area (Å²) in [4.78, 5) is 24.2. The van der Waals surface area contributed by atoms with Crippen molar-refractivity contribution in [1.29, 1.82) is 0 Å². The third-order valence-corrected chi connectivity index (χ3v) is 3.47. The zero-order chi connectivity index (χ0) is 17.8. The molecule has 0 aliphatic heterocycles. The van der Waals surface area contributed by atoms with E-state index < -0.39 is 11.5 Å².